The van der Waals surface area contributed by atoms with Crippen molar-refractivity contribution in [3.05, 3.63) is 101 Å². The van der Waals surface area contributed by atoms with Gasteiger partial charge in [0, 0.05) is 5.02 Å². The van der Waals surface area contributed by atoms with E-state index in [2.05, 4.69) is 14.7 Å². The van der Waals surface area contributed by atoms with E-state index in [4.69, 9.17) is 27.9 Å². The number of rotatable bonds is 6. The first-order valence-electron chi connectivity index (χ1n) is 10.2. The number of halogens is 2. The highest BCUT2D eigenvalue weighted by Gasteiger charge is 2.22. The molecule has 1 heterocycles. The smallest absolute Gasteiger partial charge is 0.264 e. The standard InChI is InChI=1S/C25H17Cl2N3O3S/c26-19-11-12-20(27)23(14-19)34(31,32)30-24-25(29-22-8-4-3-7-21(22)28-24)33-15-16-9-10-17-5-1-2-6-18(17)13-16/h1-14H,15H2,(H,28,30). The number of anilines is 1. The minimum Gasteiger partial charge on any atom is -0.470 e. The third-order valence-electron chi connectivity index (χ3n) is 5.14. The van der Waals surface area contributed by atoms with Gasteiger partial charge in [0.25, 0.3) is 15.9 Å². The molecule has 4 aromatic carbocycles. The van der Waals surface area contributed by atoms with Crippen LogP contribution >= 0.6 is 23.2 Å². The molecule has 0 aliphatic carbocycles. The summed E-state index contributed by atoms with van der Waals surface area (Å²) < 4.78 is 34.6. The number of benzene rings is 4. The molecule has 0 spiro atoms. The largest absolute Gasteiger partial charge is 0.470 e. The summed E-state index contributed by atoms with van der Waals surface area (Å²) in [5.74, 6) is 0.00381. The molecule has 0 radical (unpaired) electrons. The highest BCUT2D eigenvalue weighted by molar-refractivity contribution is 7.92. The van der Waals surface area contributed by atoms with Crippen LogP contribution in [0.3, 0.4) is 0 Å². The molecule has 0 saturated heterocycles. The van der Waals surface area contributed by atoms with E-state index in [9.17, 15) is 8.42 Å². The van der Waals surface area contributed by atoms with Crippen molar-refractivity contribution in [3.63, 3.8) is 0 Å². The maximum Gasteiger partial charge on any atom is 0.264 e. The van der Waals surface area contributed by atoms with Crippen molar-refractivity contribution in [3.8, 4) is 5.88 Å². The predicted molar refractivity (Wildman–Crippen MR) is 135 cm³/mol. The van der Waals surface area contributed by atoms with Crippen LogP contribution in [0.15, 0.2) is 89.8 Å². The first-order valence-corrected chi connectivity index (χ1v) is 12.5. The predicted octanol–water partition coefficient (Wildman–Crippen LogP) is 6.47. The van der Waals surface area contributed by atoms with Gasteiger partial charge in [0.1, 0.15) is 11.5 Å². The number of hydrogen-bond donors (Lipinski definition) is 1. The number of para-hydroxylation sites is 2. The van der Waals surface area contributed by atoms with Crippen molar-refractivity contribution < 1.29 is 13.2 Å². The van der Waals surface area contributed by atoms with E-state index in [1.54, 1.807) is 18.2 Å². The minimum absolute atomic E-state index is 0.0317. The summed E-state index contributed by atoms with van der Waals surface area (Å²) in [6, 6.07) is 25.3. The molecule has 170 valence electrons. The Balaban J connectivity index is 1.51. The average molecular weight is 510 g/mol. The van der Waals surface area contributed by atoms with Gasteiger partial charge in [0.05, 0.1) is 16.1 Å². The zero-order valence-corrected chi connectivity index (χ0v) is 19.9. The van der Waals surface area contributed by atoms with Gasteiger partial charge in [-0.25, -0.2) is 18.4 Å². The van der Waals surface area contributed by atoms with Gasteiger partial charge in [-0.2, -0.15) is 0 Å². The summed E-state index contributed by atoms with van der Waals surface area (Å²) in [6.45, 7) is 0.171. The Morgan fingerprint density at radius 3 is 2.29 bits per heavy atom. The van der Waals surface area contributed by atoms with E-state index >= 15 is 0 Å². The Labute approximate surface area is 206 Å². The molecular formula is C25H17Cl2N3O3S. The Kier molecular flexibility index (Phi) is 6.00. The lowest BCUT2D eigenvalue weighted by Crippen LogP contribution is -2.16. The second-order valence-corrected chi connectivity index (χ2v) is 10.0. The maximum atomic E-state index is 13.1. The Bertz CT molecular complexity index is 1640. The lowest BCUT2D eigenvalue weighted by Gasteiger charge is -2.14. The number of aromatic nitrogens is 2. The summed E-state index contributed by atoms with van der Waals surface area (Å²) >= 11 is 12.1. The molecule has 0 atom stereocenters. The molecule has 0 aliphatic rings. The van der Waals surface area contributed by atoms with E-state index in [0.717, 1.165) is 16.3 Å². The van der Waals surface area contributed by atoms with E-state index in [1.807, 2.05) is 48.5 Å². The van der Waals surface area contributed by atoms with Crippen molar-refractivity contribution >= 4 is 60.8 Å². The van der Waals surface area contributed by atoms with E-state index in [-0.39, 0.29) is 33.2 Å². The van der Waals surface area contributed by atoms with Crippen LogP contribution in [0.5, 0.6) is 5.88 Å². The maximum absolute atomic E-state index is 13.1. The highest BCUT2D eigenvalue weighted by Crippen LogP contribution is 2.30. The Hall–Kier alpha value is -3.39. The van der Waals surface area contributed by atoms with Crippen LogP contribution in [-0.2, 0) is 16.6 Å². The number of sulfonamides is 1. The van der Waals surface area contributed by atoms with Crippen molar-refractivity contribution in [2.24, 2.45) is 0 Å². The third-order valence-corrected chi connectivity index (χ3v) is 7.20. The Morgan fingerprint density at radius 2 is 1.50 bits per heavy atom. The van der Waals surface area contributed by atoms with Gasteiger partial charge in [-0.1, -0.05) is 71.7 Å². The van der Waals surface area contributed by atoms with Crippen LogP contribution in [0, 0.1) is 0 Å². The zero-order valence-electron chi connectivity index (χ0n) is 17.6. The van der Waals surface area contributed by atoms with Crippen LogP contribution in [0.1, 0.15) is 5.56 Å². The summed E-state index contributed by atoms with van der Waals surface area (Å²) in [4.78, 5) is 8.78. The molecule has 6 nitrogen and oxygen atoms in total. The van der Waals surface area contributed by atoms with Gasteiger partial charge < -0.3 is 4.74 Å². The molecule has 5 rings (SSSR count). The van der Waals surface area contributed by atoms with Crippen LogP contribution in [0.25, 0.3) is 21.8 Å². The van der Waals surface area contributed by atoms with Gasteiger partial charge in [-0.05, 0) is 52.7 Å². The number of ether oxygens (including phenoxy) is 1. The van der Waals surface area contributed by atoms with Gasteiger partial charge in [0.15, 0.2) is 0 Å². The van der Waals surface area contributed by atoms with Gasteiger partial charge in [0.2, 0.25) is 5.82 Å². The molecule has 1 N–H and O–H groups in total. The van der Waals surface area contributed by atoms with E-state index in [1.165, 1.54) is 18.2 Å². The molecule has 0 aliphatic heterocycles. The second kappa shape index (κ2) is 9.10. The van der Waals surface area contributed by atoms with Crippen molar-refractivity contribution in [2.75, 3.05) is 4.72 Å². The number of nitrogens with zero attached hydrogens (tertiary/aromatic N) is 2. The molecule has 0 saturated carbocycles. The molecule has 0 bridgehead atoms. The Morgan fingerprint density at radius 1 is 0.794 bits per heavy atom. The first-order chi connectivity index (χ1) is 16.4. The van der Waals surface area contributed by atoms with E-state index < -0.39 is 10.0 Å². The fourth-order valence-electron chi connectivity index (χ4n) is 3.50. The molecule has 0 amide bonds. The normalized spacial score (nSPS) is 11.6. The summed E-state index contributed by atoms with van der Waals surface area (Å²) in [6.07, 6.45) is 0. The van der Waals surface area contributed by atoms with Crippen molar-refractivity contribution in [1.82, 2.24) is 9.97 Å². The molecule has 34 heavy (non-hydrogen) atoms. The molecular weight excluding hydrogens is 493 g/mol. The van der Waals surface area contributed by atoms with Crippen molar-refractivity contribution in [1.29, 1.82) is 0 Å². The van der Waals surface area contributed by atoms with E-state index in [0.29, 0.717) is 11.0 Å². The van der Waals surface area contributed by atoms with Gasteiger partial charge >= 0.3 is 0 Å². The minimum atomic E-state index is -4.12. The monoisotopic (exact) mass is 509 g/mol. The molecule has 1 aromatic heterocycles. The summed E-state index contributed by atoms with van der Waals surface area (Å²) in [5, 5.41) is 2.46. The van der Waals surface area contributed by atoms with Gasteiger partial charge in [-0.15, -0.1) is 0 Å². The lowest BCUT2D eigenvalue weighted by atomic mass is 10.1. The third kappa shape index (κ3) is 4.63. The molecule has 5 aromatic rings. The van der Waals surface area contributed by atoms with Gasteiger partial charge in [-0.3, -0.25) is 4.72 Å². The average Bonchev–Trinajstić information content (AvgIpc) is 2.83. The fraction of sp³-hybridized carbons (Fsp3) is 0.0400. The van der Waals surface area contributed by atoms with Crippen molar-refractivity contribution in [2.45, 2.75) is 11.5 Å². The van der Waals surface area contributed by atoms with Crippen LogP contribution in [0.4, 0.5) is 5.82 Å². The summed E-state index contributed by atoms with van der Waals surface area (Å²) in [5.41, 5.74) is 1.98. The quantitative estimate of drug-likeness (QED) is 0.283. The SMILES string of the molecule is O=S(=O)(Nc1nc2ccccc2nc1OCc1ccc2ccccc2c1)c1cc(Cl)ccc1Cl. The highest BCUT2D eigenvalue weighted by atomic mass is 35.5. The van der Waals surface area contributed by atoms with Crippen LogP contribution in [-0.4, -0.2) is 18.4 Å². The summed E-state index contributed by atoms with van der Waals surface area (Å²) in [7, 11) is -4.12. The molecule has 0 fully saturated rings. The van der Waals surface area contributed by atoms with Crippen LogP contribution in [0.2, 0.25) is 10.0 Å². The lowest BCUT2D eigenvalue weighted by molar-refractivity contribution is 0.296. The number of fused-ring (bicyclic) bond motifs is 2. The van der Waals surface area contributed by atoms with Crippen LogP contribution < -0.4 is 9.46 Å². The first kappa shape index (κ1) is 22.4. The topological polar surface area (TPSA) is 81.2 Å². The number of hydrogen-bond acceptors (Lipinski definition) is 5. The fourth-order valence-corrected chi connectivity index (χ4v) is 5.26. The molecule has 0 unspecified atom stereocenters. The molecule has 9 heteroatoms. The zero-order chi connectivity index (χ0) is 23.7. The second-order valence-electron chi connectivity index (χ2n) is 7.52. The number of nitrogens with one attached hydrogen (secondary N) is 1.